The van der Waals surface area contributed by atoms with Gasteiger partial charge in [-0.1, -0.05) is 29.8 Å². The second-order valence-corrected chi connectivity index (χ2v) is 3.03. The first-order valence-electron chi connectivity index (χ1n) is 4.10. The van der Waals surface area contributed by atoms with Gasteiger partial charge in [0, 0.05) is 0 Å². The van der Waals surface area contributed by atoms with Gasteiger partial charge in [0.25, 0.3) is 0 Å². The summed E-state index contributed by atoms with van der Waals surface area (Å²) < 4.78 is 24.7. The van der Waals surface area contributed by atoms with Gasteiger partial charge in [-0.2, -0.15) is 0 Å². The fourth-order valence-corrected chi connectivity index (χ4v) is 1.14. The van der Waals surface area contributed by atoms with Gasteiger partial charge in [0.15, 0.2) is 0 Å². The lowest BCUT2D eigenvalue weighted by Gasteiger charge is -2.13. The maximum absolute atomic E-state index is 12.3. The van der Waals surface area contributed by atoms with Gasteiger partial charge in [0.05, 0.1) is 12.5 Å². The molecule has 1 nitrogen and oxygen atoms in total. The molecule has 0 bridgehead atoms. The normalized spacial score (nSPS) is 13.3. The molecular formula is C10H12F2O. The maximum atomic E-state index is 12.3. The third-order valence-electron chi connectivity index (χ3n) is 2.01. The maximum Gasteiger partial charge on any atom is 0.247 e. The molecule has 1 aromatic carbocycles. The number of alkyl halides is 2. The predicted molar refractivity (Wildman–Crippen MR) is 47.0 cm³/mol. The van der Waals surface area contributed by atoms with Crippen LogP contribution in [-0.2, 0) is 0 Å². The first kappa shape index (κ1) is 10.1. The number of hydrogen-bond donors (Lipinski definition) is 1. The number of benzene rings is 1. The van der Waals surface area contributed by atoms with E-state index in [1.54, 1.807) is 24.3 Å². The molecule has 0 heterocycles. The van der Waals surface area contributed by atoms with E-state index in [2.05, 4.69) is 0 Å². The molecule has 0 aliphatic carbocycles. The fourth-order valence-electron chi connectivity index (χ4n) is 1.14. The molecule has 0 fully saturated rings. The summed E-state index contributed by atoms with van der Waals surface area (Å²) in [5.74, 6) is -1.06. The van der Waals surface area contributed by atoms with Crippen LogP contribution >= 0.6 is 0 Å². The first-order valence-corrected chi connectivity index (χ1v) is 4.10. The lowest BCUT2D eigenvalue weighted by atomic mass is 9.99. The van der Waals surface area contributed by atoms with Crippen LogP contribution < -0.4 is 0 Å². The summed E-state index contributed by atoms with van der Waals surface area (Å²) in [6, 6.07) is 6.78. The highest BCUT2D eigenvalue weighted by Gasteiger charge is 2.20. The van der Waals surface area contributed by atoms with Crippen LogP contribution in [-0.4, -0.2) is 18.1 Å². The Bertz CT molecular complexity index is 256. The van der Waals surface area contributed by atoms with E-state index < -0.39 is 19.0 Å². The van der Waals surface area contributed by atoms with Crippen molar-refractivity contribution in [2.75, 3.05) is 6.61 Å². The number of rotatable bonds is 3. The van der Waals surface area contributed by atoms with E-state index in [0.717, 1.165) is 5.56 Å². The zero-order valence-electron chi connectivity index (χ0n) is 7.37. The van der Waals surface area contributed by atoms with Gasteiger partial charge < -0.3 is 5.11 Å². The molecule has 0 saturated carbocycles. The molecule has 1 rings (SSSR count). The van der Waals surface area contributed by atoms with Crippen molar-refractivity contribution in [3.05, 3.63) is 35.4 Å². The second kappa shape index (κ2) is 4.33. The van der Waals surface area contributed by atoms with Crippen molar-refractivity contribution >= 4 is 0 Å². The Balaban J connectivity index is 2.86. The van der Waals surface area contributed by atoms with E-state index in [9.17, 15) is 8.78 Å². The molecule has 0 aromatic heterocycles. The van der Waals surface area contributed by atoms with Crippen LogP contribution in [0.3, 0.4) is 0 Å². The minimum Gasteiger partial charge on any atom is -0.396 e. The molecule has 13 heavy (non-hydrogen) atoms. The predicted octanol–water partition coefficient (Wildman–Crippen LogP) is 2.34. The highest BCUT2D eigenvalue weighted by atomic mass is 19.3. The van der Waals surface area contributed by atoms with Crippen LogP contribution in [0.4, 0.5) is 8.78 Å². The molecule has 0 radical (unpaired) electrons. The number of hydrogen-bond acceptors (Lipinski definition) is 1. The highest BCUT2D eigenvalue weighted by Crippen LogP contribution is 2.22. The van der Waals surface area contributed by atoms with E-state index in [4.69, 9.17) is 5.11 Å². The van der Waals surface area contributed by atoms with Crippen LogP contribution in [0.15, 0.2) is 24.3 Å². The Hall–Kier alpha value is -0.960. The monoisotopic (exact) mass is 186 g/mol. The standard InChI is InChI=1S/C10H12F2O/c1-7-2-4-8(5-3-7)9(6-13)10(11)12/h2-5,9-10,13H,6H2,1H3. The molecule has 0 aliphatic heterocycles. The third kappa shape index (κ3) is 2.49. The SMILES string of the molecule is Cc1ccc(C(CO)C(F)F)cc1. The summed E-state index contributed by atoms with van der Waals surface area (Å²) in [7, 11) is 0. The minimum absolute atomic E-state index is 0.489. The van der Waals surface area contributed by atoms with E-state index >= 15 is 0 Å². The summed E-state index contributed by atoms with van der Waals surface area (Å²) in [4.78, 5) is 0. The van der Waals surface area contributed by atoms with Gasteiger partial charge in [0.2, 0.25) is 6.43 Å². The Morgan fingerprint density at radius 3 is 2.15 bits per heavy atom. The van der Waals surface area contributed by atoms with Gasteiger partial charge in [-0.3, -0.25) is 0 Å². The van der Waals surface area contributed by atoms with E-state index in [0.29, 0.717) is 5.56 Å². The van der Waals surface area contributed by atoms with Gasteiger partial charge in [-0.05, 0) is 12.5 Å². The van der Waals surface area contributed by atoms with Gasteiger partial charge >= 0.3 is 0 Å². The van der Waals surface area contributed by atoms with Crippen LogP contribution in [0, 0.1) is 6.92 Å². The van der Waals surface area contributed by atoms with E-state index in [1.165, 1.54) is 0 Å². The third-order valence-corrected chi connectivity index (χ3v) is 2.01. The number of aliphatic hydroxyl groups excluding tert-OH is 1. The molecule has 1 N–H and O–H groups in total. The quantitative estimate of drug-likeness (QED) is 0.768. The lowest BCUT2D eigenvalue weighted by Crippen LogP contribution is -2.13. The molecule has 72 valence electrons. The number of halogens is 2. The minimum atomic E-state index is -2.51. The van der Waals surface area contributed by atoms with Gasteiger partial charge in [-0.25, -0.2) is 8.78 Å². The summed E-state index contributed by atoms with van der Waals surface area (Å²) in [5, 5.41) is 8.74. The van der Waals surface area contributed by atoms with Crippen molar-refractivity contribution in [2.24, 2.45) is 0 Å². The Morgan fingerprint density at radius 1 is 1.23 bits per heavy atom. The Labute approximate surface area is 76.0 Å². The summed E-state index contributed by atoms with van der Waals surface area (Å²) in [6.07, 6.45) is -2.51. The molecular weight excluding hydrogens is 174 g/mol. The zero-order valence-corrected chi connectivity index (χ0v) is 7.37. The van der Waals surface area contributed by atoms with Crippen molar-refractivity contribution in [1.29, 1.82) is 0 Å². The van der Waals surface area contributed by atoms with E-state index in [-0.39, 0.29) is 0 Å². The fraction of sp³-hybridized carbons (Fsp3) is 0.400. The number of aliphatic hydroxyl groups is 1. The average Bonchev–Trinajstić information content (AvgIpc) is 2.09. The summed E-state index contributed by atoms with van der Waals surface area (Å²) >= 11 is 0. The van der Waals surface area contributed by atoms with Gasteiger partial charge in [-0.15, -0.1) is 0 Å². The van der Waals surface area contributed by atoms with Crippen molar-refractivity contribution in [2.45, 2.75) is 19.3 Å². The first-order chi connectivity index (χ1) is 6.15. The second-order valence-electron chi connectivity index (χ2n) is 3.03. The Kier molecular flexibility index (Phi) is 3.37. The lowest BCUT2D eigenvalue weighted by molar-refractivity contribution is 0.0811. The van der Waals surface area contributed by atoms with Crippen LogP contribution in [0.2, 0.25) is 0 Å². The topological polar surface area (TPSA) is 20.2 Å². The average molecular weight is 186 g/mol. The van der Waals surface area contributed by atoms with Crippen molar-refractivity contribution < 1.29 is 13.9 Å². The number of aryl methyl sites for hydroxylation is 1. The van der Waals surface area contributed by atoms with Crippen molar-refractivity contribution in [3.63, 3.8) is 0 Å². The molecule has 0 spiro atoms. The molecule has 1 aromatic rings. The van der Waals surface area contributed by atoms with Gasteiger partial charge in [0.1, 0.15) is 0 Å². The van der Waals surface area contributed by atoms with Crippen molar-refractivity contribution in [1.82, 2.24) is 0 Å². The molecule has 3 heteroatoms. The Morgan fingerprint density at radius 2 is 1.77 bits per heavy atom. The van der Waals surface area contributed by atoms with Crippen molar-refractivity contribution in [3.8, 4) is 0 Å². The molecule has 0 amide bonds. The summed E-state index contributed by atoms with van der Waals surface area (Å²) in [5.41, 5.74) is 1.51. The molecule has 1 atom stereocenters. The van der Waals surface area contributed by atoms with E-state index in [1.807, 2.05) is 6.92 Å². The summed E-state index contributed by atoms with van der Waals surface area (Å²) in [6.45, 7) is 1.38. The molecule has 1 unspecified atom stereocenters. The smallest absolute Gasteiger partial charge is 0.247 e. The largest absolute Gasteiger partial charge is 0.396 e. The highest BCUT2D eigenvalue weighted by molar-refractivity contribution is 5.24. The molecule has 0 aliphatic rings. The molecule has 0 saturated heterocycles. The van der Waals surface area contributed by atoms with Crippen LogP contribution in [0.5, 0.6) is 0 Å². The van der Waals surface area contributed by atoms with Crippen LogP contribution in [0.25, 0.3) is 0 Å². The zero-order chi connectivity index (χ0) is 9.84. The van der Waals surface area contributed by atoms with Crippen LogP contribution in [0.1, 0.15) is 17.0 Å².